The smallest absolute Gasteiger partial charge is 0.271 e. The van der Waals surface area contributed by atoms with Crippen molar-refractivity contribution < 1.29 is 17.6 Å². The Labute approximate surface area is 116 Å². The van der Waals surface area contributed by atoms with E-state index < -0.39 is 23.6 Å². The summed E-state index contributed by atoms with van der Waals surface area (Å²) in [6.07, 6.45) is -0.0473. The van der Waals surface area contributed by atoms with Crippen LogP contribution in [0.1, 0.15) is 56.2 Å². The summed E-state index contributed by atoms with van der Waals surface area (Å²) in [5.74, 6) is 4.13. The minimum absolute atomic E-state index is 0.359. The third-order valence-electron chi connectivity index (χ3n) is 3.25. The number of hydrazine groups is 1. The van der Waals surface area contributed by atoms with Crippen molar-refractivity contribution >= 4 is 0 Å². The molecule has 0 saturated carbocycles. The maximum atomic E-state index is 13.2. The summed E-state index contributed by atoms with van der Waals surface area (Å²) in [6.45, 7) is 2.08. The normalized spacial score (nSPS) is 13.5. The van der Waals surface area contributed by atoms with E-state index in [0.29, 0.717) is 12.0 Å². The van der Waals surface area contributed by atoms with Crippen LogP contribution in [-0.4, -0.2) is 0 Å². The lowest BCUT2D eigenvalue weighted by atomic mass is 9.98. The first-order valence-electron chi connectivity index (χ1n) is 6.73. The molecule has 1 aromatic rings. The molecule has 0 bridgehead atoms. The predicted octanol–water partition coefficient (Wildman–Crippen LogP) is 4.32. The van der Waals surface area contributed by atoms with E-state index >= 15 is 0 Å². The summed E-state index contributed by atoms with van der Waals surface area (Å²) in [6, 6.07) is 2.62. The molecule has 2 nitrogen and oxygen atoms in total. The van der Waals surface area contributed by atoms with Gasteiger partial charge >= 0.3 is 6.18 Å². The van der Waals surface area contributed by atoms with Crippen molar-refractivity contribution in [2.24, 2.45) is 5.84 Å². The van der Waals surface area contributed by atoms with Crippen LogP contribution in [0.2, 0.25) is 0 Å². The number of nitrogens with two attached hydrogens (primary N) is 1. The fourth-order valence-electron chi connectivity index (χ4n) is 2.10. The molecule has 0 aliphatic heterocycles. The SMILES string of the molecule is CCCCCCC(NN)c1ccc(F)c(C(F)(F)F)c1. The van der Waals surface area contributed by atoms with Gasteiger partial charge in [0.25, 0.3) is 0 Å². The second-order valence-electron chi connectivity index (χ2n) is 4.81. The van der Waals surface area contributed by atoms with Crippen LogP contribution in [-0.2, 0) is 6.18 Å². The fraction of sp³-hybridized carbons (Fsp3) is 0.571. The van der Waals surface area contributed by atoms with Gasteiger partial charge in [0, 0.05) is 6.04 Å². The van der Waals surface area contributed by atoms with Crippen LogP contribution in [0.25, 0.3) is 0 Å². The Hall–Kier alpha value is -1.14. The van der Waals surface area contributed by atoms with E-state index in [1.54, 1.807) is 0 Å². The first-order valence-corrected chi connectivity index (χ1v) is 6.73. The number of unbranched alkanes of at least 4 members (excludes halogenated alkanes) is 3. The molecule has 1 rings (SSSR count). The van der Waals surface area contributed by atoms with Crippen molar-refractivity contribution in [2.45, 2.75) is 51.2 Å². The second-order valence-corrected chi connectivity index (χ2v) is 4.81. The van der Waals surface area contributed by atoms with Crippen LogP contribution in [0.3, 0.4) is 0 Å². The molecular weight excluding hydrogens is 272 g/mol. The summed E-state index contributed by atoms with van der Waals surface area (Å²) in [4.78, 5) is 0. The molecule has 1 unspecified atom stereocenters. The Morgan fingerprint density at radius 1 is 1.20 bits per heavy atom. The highest BCUT2D eigenvalue weighted by atomic mass is 19.4. The average Bonchev–Trinajstić information content (AvgIpc) is 2.39. The topological polar surface area (TPSA) is 38.0 Å². The molecule has 1 aromatic carbocycles. The highest BCUT2D eigenvalue weighted by molar-refractivity contribution is 5.29. The van der Waals surface area contributed by atoms with Gasteiger partial charge in [-0.3, -0.25) is 11.3 Å². The van der Waals surface area contributed by atoms with Gasteiger partial charge in [-0.05, 0) is 24.1 Å². The Morgan fingerprint density at radius 3 is 2.45 bits per heavy atom. The highest BCUT2D eigenvalue weighted by Gasteiger charge is 2.34. The number of alkyl halides is 3. The second kappa shape index (κ2) is 7.59. The van der Waals surface area contributed by atoms with Crippen LogP contribution < -0.4 is 11.3 Å². The quantitative estimate of drug-likeness (QED) is 0.340. The van der Waals surface area contributed by atoms with Crippen molar-refractivity contribution in [3.05, 3.63) is 35.1 Å². The Morgan fingerprint density at radius 2 is 1.90 bits per heavy atom. The van der Waals surface area contributed by atoms with Gasteiger partial charge in [-0.2, -0.15) is 13.2 Å². The van der Waals surface area contributed by atoms with Crippen LogP contribution in [0.4, 0.5) is 17.6 Å². The molecule has 3 N–H and O–H groups in total. The van der Waals surface area contributed by atoms with Crippen LogP contribution in [0, 0.1) is 5.82 Å². The molecule has 0 fully saturated rings. The zero-order valence-corrected chi connectivity index (χ0v) is 11.4. The molecule has 0 saturated heterocycles. The zero-order chi connectivity index (χ0) is 15.2. The Bertz CT molecular complexity index is 418. The minimum Gasteiger partial charge on any atom is -0.271 e. The predicted molar refractivity (Wildman–Crippen MR) is 70.2 cm³/mol. The van der Waals surface area contributed by atoms with Gasteiger partial charge < -0.3 is 0 Å². The van der Waals surface area contributed by atoms with E-state index in [9.17, 15) is 17.6 Å². The van der Waals surface area contributed by atoms with Gasteiger partial charge in [0.1, 0.15) is 5.82 Å². The van der Waals surface area contributed by atoms with Crippen molar-refractivity contribution in [1.82, 2.24) is 5.43 Å². The molecular formula is C14H20F4N2. The lowest BCUT2D eigenvalue weighted by molar-refractivity contribution is -0.140. The summed E-state index contributed by atoms with van der Waals surface area (Å²) in [7, 11) is 0. The number of benzene rings is 1. The van der Waals surface area contributed by atoms with Gasteiger partial charge in [0.05, 0.1) is 5.56 Å². The maximum absolute atomic E-state index is 13.2. The summed E-state index contributed by atoms with van der Waals surface area (Å²) >= 11 is 0. The highest BCUT2D eigenvalue weighted by Crippen LogP contribution is 2.33. The monoisotopic (exact) mass is 292 g/mol. The maximum Gasteiger partial charge on any atom is 0.419 e. The lowest BCUT2D eigenvalue weighted by Gasteiger charge is -2.18. The number of hydrogen-bond donors (Lipinski definition) is 2. The van der Waals surface area contributed by atoms with E-state index in [1.165, 1.54) is 6.07 Å². The van der Waals surface area contributed by atoms with Crippen LogP contribution in [0.15, 0.2) is 18.2 Å². The Kier molecular flexibility index (Phi) is 6.42. The van der Waals surface area contributed by atoms with Gasteiger partial charge in [-0.1, -0.05) is 38.7 Å². The largest absolute Gasteiger partial charge is 0.419 e. The molecule has 0 spiro atoms. The zero-order valence-electron chi connectivity index (χ0n) is 11.4. The van der Waals surface area contributed by atoms with E-state index in [2.05, 4.69) is 12.3 Å². The first-order chi connectivity index (χ1) is 9.40. The van der Waals surface area contributed by atoms with Crippen LogP contribution in [0.5, 0.6) is 0 Å². The van der Waals surface area contributed by atoms with Gasteiger partial charge in [-0.25, -0.2) is 4.39 Å². The lowest BCUT2D eigenvalue weighted by Crippen LogP contribution is -2.28. The fourth-order valence-corrected chi connectivity index (χ4v) is 2.10. The molecule has 0 heterocycles. The average molecular weight is 292 g/mol. The molecule has 114 valence electrons. The molecule has 1 atom stereocenters. The van der Waals surface area contributed by atoms with Crippen molar-refractivity contribution in [3.63, 3.8) is 0 Å². The van der Waals surface area contributed by atoms with Crippen molar-refractivity contribution in [3.8, 4) is 0 Å². The number of nitrogens with one attached hydrogen (secondary N) is 1. The van der Waals surface area contributed by atoms with E-state index in [1.807, 2.05) is 0 Å². The third-order valence-corrected chi connectivity index (χ3v) is 3.25. The standard InChI is InChI=1S/C14H20F4N2/c1-2-3-4-5-6-13(20-19)10-7-8-12(15)11(9-10)14(16,17)18/h7-9,13,20H,2-6,19H2,1H3. The van der Waals surface area contributed by atoms with Crippen LogP contribution >= 0.6 is 0 Å². The Balaban J connectivity index is 2.82. The molecule has 0 radical (unpaired) electrons. The van der Waals surface area contributed by atoms with E-state index in [4.69, 9.17) is 5.84 Å². The molecule has 0 amide bonds. The molecule has 20 heavy (non-hydrogen) atoms. The van der Waals surface area contributed by atoms with E-state index in [0.717, 1.165) is 37.8 Å². The molecule has 0 aliphatic rings. The number of rotatable bonds is 7. The van der Waals surface area contributed by atoms with E-state index in [-0.39, 0.29) is 0 Å². The number of hydrogen-bond acceptors (Lipinski definition) is 2. The van der Waals surface area contributed by atoms with Gasteiger partial charge in [0.15, 0.2) is 0 Å². The molecule has 6 heteroatoms. The summed E-state index contributed by atoms with van der Waals surface area (Å²) < 4.78 is 51.2. The van der Waals surface area contributed by atoms with Gasteiger partial charge in [-0.15, -0.1) is 0 Å². The number of halogens is 4. The summed E-state index contributed by atoms with van der Waals surface area (Å²) in [5, 5.41) is 0. The first kappa shape index (κ1) is 16.9. The van der Waals surface area contributed by atoms with Crippen molar-refractivity contribution in [1.29, 1.82) is 0 Å². The summed E-state index contributed by atoms with van der Waals surface area (Å²) in [5.41, 5.74) is 1.62. The van der Waals surface area contributed by atoms with Gasteiger partial charge in [0.2, 0.25) is 0 Å². The molecule has 0 aliphatic carbocycles. The third kappa shape index (κ3) is 4.76. The van der Waals surface area contributed by atoms with Crippen molar-refractivity contribution in [2.75, 3.05) is 0 Å². The minimum atomic E-state index is -4.69. The molecule has 0 aromatic heterocycles.